The maximum absolute atomic E-state index is 10.9. The molecule has 0 aromatic carbocycles. The predicted octanol–water partition coefficient (Wildman–Crippen LogP) is -0.442. The Morgan fingerprint density at radius 3 is 2.71 bits per heavy atom. The molecule has 0 amide bonds. The summed E-state index contributed by atoms with van der Waals surface area (Å²) >= 11 is 0. The van der Waals surface area contributed by atoms with E-state index in [0.29, 0.717) is 6.61 Å². The lowest BCUT2D eigenvalue weighted by atomic mass is 10.5. The van der Waals surface area contributed by atoms with Crippen LogP contribution in [0.4, 0.5) is 0 Å². The third-order valence-corrected chi connectivity index (χ3v) is 18.8. The molecule has 8 heteroatoms. The molecule has 0 spiro atoms. The summed E-state index contributed by atoms with van der Waals surface area (Å²) in [6, 6.07) is 1.04. The van der Waals surface area contributed by atoms with Gasteiger partial charge in [-0.15, -0.1) is 0 Å². The molecule has 1 unspecified atom stereocenters. The van der Waals surface area contributed by atoms with Crippen LogP contribution in [0, 0.1) is 0 Å². The van der Waals surface area contributed by atoms with Gasteiger partial charge in [-0.05, 0) is 32.1 Å². The molecule has 0 bridgehead atoms. The van der Waals surface area contributed by atoms with Crippen molar-refractivity contribution in [2.24, 2.45) is 0 Å². The lowest BCUT2D eigenvalue weighted by Crippen LogP contribution is -2.44. The molecule has 0 saturated carbocycles. The van der Waals surface area contributed by atoms with Crippen LogP contribution in [0.5, 0.6) is 0 Å². The molecule has 0 fully saturated rings. The first-order valence-electron chi connectivity index (χ1n) is 5.89. The number of ether oxygens (including phenoxy) is 1. The van der Waals surface area contributed by atoms with Crippen molar-refractivity contribution in [1.29, 1.82) is 0 Å². The predicted molar refractivity (Wildman–Crippen MR) is 81.7 cm³/mol. The minimum Gasteiger partial charge on any atom is -0.464 e. The summed E-state index contributed by atoms with van der Waals surface area (Å²) in [4.78, 5) is 10.9. The molecule has 17 heavy (non-hydrogen) atoms. The number of hydrogen-bond acceptors (Lipinski definition) is 4. The fourth-order valence-electron chi connectivity index (χ4n) is 1.25. The molecular formula is C9H24O4Si4. The number of hydrogen-bond donors (Lipinski definition) is 0. The van der Waals surface area contributed by atoms with Gasteiger partial charge in [-0.1, -0.05) is 6.58 Å². The van der Waals surface area contributed by atoms with E-state index in [0.717, 1.165) is 23.0 Å². The van der Waals surface area contributed by atoms with E-state index in [9.17, 15) is 4.79 Å². The van der Waals surface area contributed by atoms with Gasteiger partial charge < -0.3 is 13.0 Å². The van der Waals surface area contributed by atoms with E-state index in [4.69, 9.17) is 13.0 Å². The quantitative estimate of drug-likeness (QED) is 0.251. The Bertz CT molecular complexity index is 249. The standard InChI is InChI=1S/C9H24O4Si4/c1-5-9(10)11-7-6-8-17(4,12-14)15-13-16(2)3/h5,16H,1,6-8,15H2,2-4,14H3. The fourth-order valence-corrected chi connectivity index (χ4v) is 14.7. The van der Waals surface area contributed by atoms with E-state index in [2.05, 4.69) is 26.2 Å². The third-order valence-electron chi connectivity index (χ3n) is 2.48. The molecule has 0 saturated heterocycles. The van der Waals surface area contributed by atoms with Crippen LogP contribution in [0.1, 0.15) is 6.42 Å². The molecule has 0 aromatic heterocycles. The Balaban J connectivity index is 3.86. The van der Waals surface area contributed by atoms with E-state index in [1.807, 2.05) is 0 Å². The molecule has 0 aromatic rings. The maximum Gasteiger partial charge on any atom is 0.330 e. The lowest BCUT2D eigenvalue weighted by Gasteiger charge is -2.26. The average Bonchev–Trinajstić information content (AvgIpc) is 2.31. The Labute approximate surface area is 112 Å². The van der Waals surface area contributed by atoms with Crippen molar-refractivity contribution in [1.82, 2.24) is 0 Å². The van der Waals surface area contributed by atoms with Crippen LogP contribution in [0.15, 0.2) is 12.7 Å². The molecule has 0 aliphatic rings. The molecule has 4 nitrogen and oxygen atoms in total. The summed E-state index contributed by atoms with van der Waals surface area (Å²) < 4.78 is 16.7. The smallest absolute Gasteiger partial charge is 0.330 e. The summed E-state index contributed by atoms with van der Waals surface area (Å²) in [5, 5.41) is 0. The Kier molecular flexibility index (Phi) is 9.00. The molecular weight excluding hydrogens is 284 g/mol. The molecule has 100 valence electrons. The van der Waals surface area contributed by atoms with Gasteiger partial charge in [-0.2, -0.15) is 0 Å². The second-order valence-corrected chi connectivity index (χ2v) is 18.6. The first kappa shape index (κ1) is 17.0. The van der Waals surface area contributed by atoms with Crippen molar-refractivity contribution < 1.29 is 17.8 Å². The number of carbonyl (C=O) groups is 1. The number of carbonyl (C=O) groups excluding carboxylic acids is 1. The average molecular weight is 309 g/mol. The van der Waals surface area contributed by atoms with Crippen LogP contribution < -0.4 is 0 Å². The largest absolute Gasteiger partial charge is 0.464 e. The summed E-state index contributed by atoms with van der Waals surface area (Å²) in [6.07, 6.45) is 2.07. The Hall–Kier alpha value is -0.00247. The Morgan fingerprint density at radius 1 is 1.59 bits per heavy atom. The minimum atomic E-state index is -1.57. The molecule has 0 rings (SSSR count). The van der Waals surface area contributed by atoms with Gasteiger partial charge in [-0.3, -0.25) is 0 Å². The molecule has 0 heterocycles. The van der Waals surface area contributed by atoms with Gasteiger partial charge in [0.15, 0.2) is 26.2 Å². The molecule has 0 N–H and O–H groups in total. The summed E-state index contributed by atoms with van der Waals surface area (Å²) in [5.41, 5.74) is 0. The van der Waals surface area contributed by atoms with E-state index in [1.165, 1.54) is 6.08 Å². The van der Waals surface area contributed by atoms with Gasteiger partial charge >= 0.3 is 5.97 Å². The highest BCUT2D eigenvalue weighted by atomic mass is 29.2. The summed E-state index contributed by atoms with van der Waals surface area (Å²) in [5.74, 6) is -0.344. The fraction of sp³-hybridized carbons (Fsp3) is 0.667. The third kappa shape index (κ3) is 8.68. The molecule has 1 atom stereocenters. The summed E-state index contributed by atoms with van der Waals surface area (Å²) in [6.45, 7) is 10.5. The van der Waals surface area contributed by atoms with Crippen LogP contribution in [-0.2, 0) is 17.8 Å². The topological polar surface area (TPSA) is 44.8 Å². The van der Waals surface area contributed by atoms with E-state index in [-0.39, 0.29) is 5.97 Å². The van der Waals surface area contributed by atoms with E-state index < -0.39 is 26.2 Å². The van der Waals surface area contributed by atoms with Crippen LogP contribution >= 0.6 is 0 Å². The van der Waals surface area contributed by atoms with Gasteiger partial charge in [0.1, 0.15) is 10.5 Å². The Morgan fingerprint density at radius 2 is 2.24 bits per heavy atom. The summed E-state index contributed by atoms with van der Waals surface area (Å²) in [7, 11) is -2.22. The minimum absolute atomic E-state index is 0.344. The van der Waals surface area contributed by atoms with Crippen LogP contribution in [0.3, 0.4) is 0 Å². The van der Waals surface area contributed by atoms with Gasteiger partial charge in [0.05, 0.1) is 6.61 Å². The SMILES string of the molecule is C=CC(=O)OCCC[Si](C)(O[SiH3])[SiH2]O[SiH](C)C. The first-order chi connectivity index (χ1) is 7.93. The molecule has 0 aliphatic heterocycles. The second kappa shape index (κ2) is 9.00. The zero-order chi connectivity index (χ0) is 13.3. The highest BCUT2D eigenvalue weighted by Gasteiger charge is 2.28. The lowest BCUT2D eigenvalue weighted by molar-refractivity contribution is -0.137. The van der Waals surface area contributed by atoms with Crippen LogP contribution in [0.2, 0.25) is 25.7 Å². The van der Waals surface area contributed by atoms with Gasteiger partial charge in [0.2, 0.25) is 0 Å². The second-order valence-electron chi connectivity index (χ2n) is 4.49. The zero-order valence-electron chi connectivity index (χ0n) is 11.3. The highest BCUT2D eigenvalue weighted by Crippen LogP contribution is 2.12. The number of esters is 1. The van der Waals surface area contributed by atoms with Crippen molar-refractivity contribution >= 4 is 42.6 Å². The monoisotopic (exact) mass is 308 g/mol. The van der Waals surface area contributed by atoms with Crippen molar-refractivity contribution in [3.63, 3.8) is 0 Å². The van der Waals surface area contributed by atoms with Gasteiger partial charge in [0.25, 0.3) is 0 Å². The maximum atomic E-state index is 10.9. The molecule has 0 aliphatic carbocycles. The van der Waals surface area contributed by atoms with Gasteiger partial charge in [-0.25, -0.2) is 4.79 Å². The van der Waals surface area contributed by atoms with Gasteiger partial charge in [0, 0.05) is 6.08 Å². The van der Waals surface area contributed by atoms with E-state index >= 15 is 0 Å². The zero-order valence-corrected chi connectivity index (χ0v) is 16.9. The normalized spacial score (nSPS) is 15.3. The van der Waals surface area contributed by atoms with Crippen molar-refractivity contribution in [3.05, 3.63) is 12.7 Å². The van der Waals surface area contributed by atoms with Crippen molar-refractivity contribution in [3.8, 4) is 0 Å². The van der Waals surface area contributed by atoms with Crippen molar-refractivity contribution in [2.75, 3.05) is 6.61 Å². The molecule has 0 radical (unpaired) electrons. The van der Waals surface area contributed by atoms with Crippen LogP contribution in [-0.4, -0.2) is 49.2 Å². The first-order valence-corrected chi connectivity index (χ1v) is 15.0. The van der Waals surface area contributed by atoms with Crippen molar-refractivity contribution in [2.45, 2.75) is 32.1 Å². The number of rotatable bonds is 9. The van der Waals surface area contributed by atoms with E-state index in [1.54, 1.807) is 0 Å². The highest BCUT2D eigenvalue weighted by molar-refractivity contribution is 7.20. The van der Waals surface area contributed by atoms with Crippen LogP contribution in [0.25, 0.3) is 0 Å².